The molecule has 0 radical (unpaired) electrons. The molecule has 0 N–H and O–H groups in total. The number of amides is 1. The molecule has 35 heavy (non-hydrogen) atoms. The van der Waals surface area contributed by atoms with Crippen molar-refractivity contribution in [3.8, 4) is 11.4 Å². The highest BCUT2D eigenvalue weighted by Crippen LogP contribution is 2.31. The molecule has 1 aliphatic heterocycles. The van der Waals surface area contributed by atoms with Crippen LogP contribution in [-0.4, -0.2) is 40.9 Å². The first-order valence-corrected chi connectivity index (χ1v) is 12.6. The van der Waals surface area contributed by atoms with Gasteiger partial charge in [-0.1, -0.05) is 6.92 Å². The fourth-order valence-corrected chi connectivity index (χ4v) is 4.74. The molecule has 2 aromatic carbocycles. The van der Waals surface area contributed by atoms with E-state index >= 15 is 0 Å². The van der Waals surface area contributed by atoms with Gasteiger partial charge in [-0.2, -0.15) is 5.10 Å². The van der Waals surface area contributed by atoms with Gasteiger partial charge < -0.3 is 9.64 Å². The molecular weight excluding hydrogens is 483 g/mol. The number of nitrogens with zero attached hydrogens (tertiary/aromatic N) is 3. The van der Waals surface area contributed by atoms with E-state index in [4.69, 9.17) is 4.74 Å². The van der Waals surface area contributed by atoms with E-state index in [0.29, 0.717) is 11.3 Å². The van der Waals surface area contributed by atoms with E-state index in [9.17, 15) is 26.4 Å². The van der Waals surface area contributed by atoms with Crippen LogP contribution in [0.25, 0.3) is 5.69 Å². The van der Waals surface area contributed by atoms with Gasteiger partial charge >= 0.3 is 0 Å². The first-order valence-electron chi connectivity index (χ1n) is 11.0. The Bertz CT molecular complexity index is 1360. The number of carbonyl (C=O) groups excluding carboxylic acids is 1. The van der Waals surface area contributed by atoms with Crippen LogP contribution >= 0.6 is 0 Å². The topological polar surface area (TPSA) is 81.5 Å². The molecule has 7 nitrogen and oxygen atoms in total. The molecule has 0 saturated heterocycles. The average molecular weight is 508 g/mol. The SMILES string of the molecule is CCS(=O)(=O)c1ccc(OC(C)C)c(C(=O)N2Cc3cn(-c4ccc(F)c(C(F)F)c4)nc3C2)c1. The van der Waals surface area contributed by atoms with E-state index in [1.54, 1.807) is 20.0 Å². The number of halogens is 3. The summed E-state index contributed by atoms with van der Waals surface area (Å²) in [5.74, 6) is -1.24. The summed E-state index contributed by atoms with van der Waals surface area (Å²) in [5.41, 5.74) is 0.954. The van der Waals surface area contributed by atoms with Gasteiger partial charge in [0.2, 0.25) is 0 Å². The number of sulfone groups is 1. The number of fused-ring (bicyclic) bond motifs is 1. The van der Waals surface area contributed by atoms with E-state index in [-0.39, 0.29) is 46.8 Å². The Morgan fingerprint density at radius 2 is 1.89 bits per heavy atom. The summed E-state index contributed by atoms with van der Waals surface area (Å²) < 4.78 is 71.6. The lowest BCUT2D eigenvalue weighted by Gasteiger charge is -2.20. The van der Waals surface area contributed by atoms with Gasteiger partial charge in [-0.3, -0.25) is 4.79 Å². The van der Waals surface area contributed by atoms with E-state index < -0.39 is 33.6 Å². The maximum Gasteiger partial charge on any atom is 0.266 e. The number of ether oxygens (including phenoxy) is 1. The smallest absolute Gasteiger partial charge is 0.266 e. The van der Waals surface area contributed by atoms with Crippen molar-refractivity contribution in [2.75, 3.05) is 5.75 Å². The molecule has 0 saturated carbocycles. The van der Waals surface area contributed by atoms with Gasteiger partial charge in [0, 0.05) is 18.3 Å². The second-order valence-electron chi connectivity index (χ2n) is 8.44. The highest BCUT2D eigenvalue weighted by atomic mass is 32.2. The van der Waals surface area contributed by atoms with Crippen LogP contribution < -0.4 is 4.74 Å². The van der Waals surface area contributed by atoms with Crippen molar-refractivity contribution in [3.05, 3.63) is 70.8 Å². The van der Waals surface area contributed by atoms with Crippen LogP contribution in [0.1, 0.15) is 54.4 Å². The molecular formula is C24H24F3N3O4S. The summed E-state index contributed by atoms with van der Waals surface area (Å²) in [6.07, 6.45) is -1.59. The molecule has 186 valence electrons. The minimum atomic E-state index is -3.54. The van der Waals surface area contributed by atoms with Crippen molar-refractivity contribution in [2.24, 2.45) is 0 Å². The van der Waals surface area contributed by atoms with Crippen molar-refractivity contribution in [1.82, 2.24) is 14.7 Å². The molecule has 0 atom stereocenters. The largest absolute Gasteiger partial charge is 0.490 e. The number of rotatable bonds is 7. The molecule has 3 aromatic rings. The molecule has 0 fully saturated rings. The number of benzene rings is 2. The second-order valence-corrected chi connectivity index (χ2v) is 10.7. The zero-order valence-corrected chi connectivity index (χ0v) is 20.2. The molecule has 1 aromatic heterocycles. The standard InChI is InChI=1S/C24H24F3N3O4S/c1-4-35(32,33)17-6-8-22(34-14(2)3)19(10-17)24(31)29-11-15-12-30(28-21(15)13-29)16-5-7-20(25)18(9-16)23(26)27/h5-10,12,14,23H,4,11,13H2,1-3H3. The van der Waals surface area contributed by atoms with Gasteiger partial charge in [-0.15, -0.1) is 0 Å². The minimum absolute atomic E-state index is 0.0349. The summed E-state index contributed by atoms with van der Waals surface area (Å²) in [6.45, 7) is 5.44. The van der Waals surface area contributed by atoms with Gasteiger partial charge in [0.1, 0.15) is 11.6 Å². The predicted molar refractivity (Wildman–Crippen MR) is 122 cm³/mol. The van der Waals surface area contributed by atoms with Crippen LogP contribution in [0.4, 0.5) is 13.2 Å². The number of hydrogen-bond acceptors (Lipinski definition) is 5. The van der Waals surface area contributed by atoms with E-state index in [1.165, 1.54) is 40.8 Å². The lowest BCUT2D eigenvalue weighted by molar-refractivity contribution is 0.0742. The molecule has 0 unspecified atom stereocenters. The maximum atomic E-state index is 13.6. The first-order chi connectivity index (χ1) is 16.5. The number of alkyl halides is 2. The fourth-order valence-electron chi connectivity index (χ4n) is 3.83. The van der Waals surface area contributed by atoms with Crippen LogP contribution in [0.2, 0.25) is 0 Å². The molecule has 1 aliphatic rings. The summed E-state index contributed by atoms with van der Waals surface area (Å²) in [4.78, 5) is 14.9. The third-order valence-electron chi connectivity index (χ3n) is 5.63. The van der Waals surface area contributed by atoms with E-state index in [1.807, 2.05) is 0 Å². The van der Waals surface area contributed by atoms with E-state index in [2.05, 4.69) is 5.10 Å². The molecule has 0 spiro atoms. The lowest BCUT2D eigenvalue weighted by atomic mass is 10.1. The Labute approximate surface area is 201 Å². The Morgan fingerprint density at radius 3 is 2.51 bits per heavy atom. The Balaban J connectivity index is 1.61. The van der Waals surface area contributed by atoms with Gasteiger partial charge in [-0.25, -0.2) is 26.3 Å². The molecule has 0 aliphatic carbocycles. The minimum Gasteiger partial charge on any atom is -0.490 e. The first kappa shape index (κ1) is 24.8. The summed E-state index contributed by atoms with van der Waals surface area (Å²) in [5, 5.41) is 4.39. The monoisotopic (exact) mass is 507 g/mol. The van der Waals surface area contributed by atoms with Crippen LogP contribution in [-0.2, 0) is 22.9 Å². The van der Waals surface area contributed by atoms with Crippen molar-refractivity contribution >= 4 is 15.7 Å². The van der Waals surface area contributed by atoms with Crippen molar-refractivity contribution < 1.29 is 31.1 Å². The zero-order valence-electron chi connectivity index (χ0n) is 19.3. The molecule has 4 rings (SSSR count). The quantitative estimate of drug-likeness (QED) is 0.464. The van der Waals surface area contributed by atoms with Gasteiger partial charge in [0.15, 0.2) is 9.84 Å². The number of aromatic nitrogens is 2. The number of carbonyl (C=O) groups is 1. The van der Waals surface area contributed by atoms with Crippen LogP contribution in [0.15, 0.2) is 47.5 Å². The lowest BCUT2D eigenvalue weighted by Crippen LogP contribution is -2.27. The van der Waals surface area contributed by atoms with Gasteiger partial charge in [0.05, 0.1) is 45.8 Å². The van der Waals surface area contributed by atoms with Crippen LogP contribution in [0.3, 0.4) is 0 Å². The summed E-state index contributed by atoms with van der Waals surface area (Å²) in [6, 6.07) is 7.60. The highest BCUT2D eigenvalue weighted by molar-refractivity contribution is 7.91. The Morgan fingerprint density at radius 1 is 1.14 bits per heavy atom. The summed E-state index contributed by atoms with van der Waals surface area (Å²) >= 11 is 0. The van der Waals surface area contributed by atoms with Gasteiger partial charge in [0.25, 0.3) is 12.3 Å². The van der Waals surface area contributed by atoms with Crippen molar-refractivity contribution in [3.63, 3.8) is 0 Å². The predicted octanol–water partition coefficient (Wildman–Crippen LogP) is 4.69. The van der Waals surface area contributed by atoms with Crippen LogP contribution in [0, 0.1) is 5.82 Å². The molecule has 11 heteroatoms. The van der Waals surface area contributed by atoms with Crippen molar-refractivity contribution in [2.45, 2.75) is 51.3 Å². The Hall–Kier alpha value is -3.34. The summed E-state index contributed by atoms with van der Waals surface area (Å²) in [7, 11) is -3.54. The van der Waals surface area contributed by atoms with E-state index in [0.717, 1.165) is 12.1 Å². The Kier molecular flexibility index (Phi) is 6.63. The third-order valence-corrected chi connectivity index (χ3v) is 7.36. The zero-order chi connectivity index (χ0) is 25.5. The van der Waals surface area contributed by atoms with Crippen molar-refractivity contribution in [1.29, 1.82) is 0 Å². The van der Waals surface area contributed by atoms with Crippen LogP contribution in [0.5, 0.6) is 5.75 Å². The van der Waals surface area contributed by atoms with Gasteiger partial charge in [-0.05, 0) is 50.2 Å². The fraction of sp³-hybridized carbons (Fsp3) is 0.333. The highest BCUT2D eigenvalue weighted by Gasteiger charge is 2.30. The molecule has 1 amide bonds. The third kappa shape index (κ3) is 4.90. The normalized spacial score (nSPS) is 13.5. The second kappa shape index (κ2) is 9.37. The molecule has 2 heterocycles. The number of hydrogen-bond donors (Lipinski definition) is 0. The maximum absolute atomic E-state index is 13.6. The average Bonchev–Trinajstić information content (AvgIpc) is 3.38. The molecule has 0 bridgehead atoms.